The van der Waals surface area contributed by atoms with Crippen LogP contribution in [-0.4, -0.2) is 73.0 Å². The summed E-state index contributed by atoms with van der Waals surface area (Å²) in [5.74, 6) is -2.04. The summed E-state index contributed by atoms with van der Waals surface area (Å²) in [5, 5.41) is 39.1. The molecule has 0 radical (unpaired) electrons. The lowest BCUT2D eigenvalue weighted by molar-refractivity contribution is -0.276. The Hall–Kier alpha value is -3.18. The van der Waals surface area contributed by atoms with Gasteiger partial charge in [-0.15, -0.1) is 0 Å². The number of fused-ring (bicyclic) bond motifs is 2. The highest BCUT2D eigenvalue weighted by Gasteiger charge is 2.44. The van der Waals surface area contributed by atoms with Crippen molar-refractivity contribution in [3.05, 3.63) is 47.5 Å². The minimum absolute atomic E-state index is 0.0184. The molecule has 1 aliphatic heterocycles. The van der Waals surface area contributed by atoms with Crippen molar-refractivity contribution in [3.8, 4) is 0 Å². The number of rotatable bonds is 3. The molecule has 156 valence electrons. The number of carbonyl (C=O) groups excluding carboxylic acids is 1. The lowest BCUT2D eigenvalue weighted by atomic mass is 10.00. The van der Waals surface area contributed by atoms with Crippen LogP contribution in [0.15, 0.2) is 36.4 Å². The number of aromatic carboxylic acids is 1. The molecule has 0 spiro atoms. The highest BCUT2D eigenvalue weighted by molar-refractivity contribution is 6.06. The molecule has 0 bridgehead atoms. The highest BCUT2D eigenvalue weighted by atomic mass is 16.7. The maximum Gasteiger partial charge on any atom is 0.342 e. The molecule has 1 aliphatic rings. The van der Waals surface area contributed by atoms with Crippen LogP contribution in [0.5, 0.6) is 0 Å². The molecule has 10 nitrogen and oxygen atoms in total. The SMILES string of the molecule is C[C@H]1O[C@@H](OC(=O)c2cccc3nc4c(C(=O)O)cccc4nc23)[C@H](O)[C@H](O)[C@H]1O. The summed E-state index contributed by atoms with van der Waals surface area (Å²) < 4.78 is 10.5. The summed E-state index contributed by atoms with van der Waals surface area (Å²) in [7, 11) is 0. The molecule has 0 amide bonds. The number of benzene rings is 2. The fraction of sp³-hybridized carbons (Fsp3) is 0.300. The molecule has 1 aromatic heterocycles. The average Bonchev–Trinajstić information content (AvgIpc) is 2.73. The highest BCUT2D eigenvalue weighted by Crippen LogP contribution is 2.25. The quantitative estimate of drug-likeness (QED) is 0.350. The zero-order valence-electron chi connectivity index (χ0n) is 15.7. The van der Waals surface area contributed by atoms with Gasteiger partial charge in [0, 0.05) is 0 Å². The Kier molecular flexibility index (Phi) is 5.08. The van der Waals surface area contributed by atoms with Crippen molar-refractivity contribution in [2.24, 2.45) is 0 Å². The van der Waals surface area contributed by atoms with Gasteiger partial charge in [0.1, 0.15) is 29.3 Å². The summed E-state index contributed by atoms with van der Waals surface area (Å²) in [5.41, 5.74) is 0.918. The van der Waals surface area contributed by atoms with Gasteiger partial charge < -0.3 is 29.9 Å². The minimum Gasteiger partial charge on any atom is -0.478 e. The van der Waals surface area contributed by atoms with Crippen LogP contribution in [0.3, 0.4) is 0 Å². The molecule has 0 unspecified atom stereocenters. The molecule has 2 heterocycles. The van der Waals surface area contributed by atoms with Gasteiger partial charge in [-0.1, -0.05) is 12.1 Å². The number of esters is 1. The van der Waals surface area contributed by atoms with Crippen molar-refractivity contribution < 1.29 is 39.5 Å². The van der Waals surface area contributed by atoms with E-state index in [1.54, 1.807) is 12.1 Å². The van der Waals surface area contributed by atoms with E-state index in [2.05, 4.69) is 9.97 Å². The summed E-state index contributed by atoms with van der Waals surface area (Å²) in [6.07, 6.45) is -6.87. The van der Waals surface area contributed by atoms with E-state index < -0.39 is 42.6 Å². The summed E-state index contributed by atoms with van der Waals surface area (Å²) in [4.78, 5) is 32.9. The monoisotopic (exact) mass is 414 g/mol. The second-order valence-electron chi connectivity index (χ2n) is 6.96. The molecule has 1 fully saturated rings. The first-order chi connectivity index (χ1) is 14.3. The van der Waals surface area contributed by atoms with E-state index in [4.69, 9.17) is 9.47 Å². The topological polar surface area (TPSA) is 159 Å². The van der Waals surface area contributed by atoms with Gasteiger partial charge in [-0.05, 0) is 31.2 Å². The second kappa shape index (κ2) is 7.58. The van der Waals surface area contributed by atoms with E-state index in [-0.39, 0.29) is 33.2 Å². The van der Waals surface area contributed by atoms with E-state index >= 15 is 0 Å². The molecule has 30 heavy (non-hydrogen) atoms. The molecule has 3 aromatic rings. The third kappa shape index (κ3) is 3.35. The number of aromatic nitrogens is 2. The summed E-state index contributed by atoms with van der Waals surface area (Å²) in [6.45, 7) is 1.47. The number of carboxylic acid groups (broad SMARTS) is 1. The predicted octanol–water partition coefficient (Wildman–Crippen LogP) is 0.465. The van der Waals surface area contributed by atoms with Crippen LogP contribution in [0.1, 0.15) is 27.6 Å². The normalized spacial score (nSPS) is 26.6. The molecular formula is C20H18N2O8. The predicted molar refractivity (Wildman–Crippen MR) is 102 cm³/mol. The first-order valence-corrected chi connectivity index (χ1v) is 9.11. The van der Waals surface area contributed by atoms with Crippen LogP contribution < -0.4 is 0 Å². The van der Waals surface area contributed by atoms with Gasteiger partial charge in [-0.2, -0.15) is 0 Å². The Morgan fingerprint density at radius 3 is 2.07 bits per heavy atom. The van der Waals surface area contributed by atoms with Gasteiger partial charge >= 0.3 is 11.9 Å². The molecule has 10 heteroatoms. The number of aliphatic hydroxyl groups is 3. The third-order valence-electron chi connectivity index (χ3n) is 4.98. The van der Waals surface area contributed by atoms with E-state index in [1.165, 1.54) is 31.2 Å². The van der Waals surface area contributed by atoms with Gasteiger partial charge in [-0.25, -0.2) is 19.6 Å². The van der Waals surface area contributed by atoms with E-state index in [0.717, 1.165) is 0 Å². The van der Waals surface area contributed by atoms with Crippen LogP contribution in [-0.2, 0) is 9.47 Å². The fourth-order valence-electron chi connectivity index (χ4n) is 3.34. The number of hydrogen-bond donors (Lipinski definition) is 4. The van der Waals surface area contributed by atoms with E-state index in [0.29, 0.717) is 0 Å². The Bertz CT molecular complexity index is 1150. The van der Waals surface area contributed by atoms with Crippen molar-refractivity contribution in [1.82, 2.24) is 9.97 Å². The van der Waals surface area contributed by atoms with E-state index in [9.17, 15) is 30.0 Å². The smallest absolute Gasteiger partial charge is 0.342 e. The lowest BCUT2D eigenvalue weighted by Crippen LogP contribution is -2.57. The number of hydrogen-bond acceptors (Lipinski definition) is 9. The van der Waals surface area contributed by atoms with Crippen LogP contribution in [0.4, 0.5) is 0 Å². The lowest BCUT2D eigenvalue weighted by Gasteiger charge is -2.38. The standard InChI is InChI=1S/C20H18N2O8/c1-8-15(23)16(24)17(25)20(29-8)30-19(28)10-5-3-7-12-14(10)22-11-6-2-4-9(18(26)27)13(11)21-12/h2-8,15-17,20,23-25H,1H3,(H,26,27)/t8-,15+,16-,17-,20+/m1/s1. The molecule has 1 saturated heterocycles. The van der Waals surface area contributed by atoms with Crippen molar-refractivity contribution in [2.75, 3.05) is 0 Å². The average molecular weight is 414 g/mol. The van der Waals surface area contributed by atoms with Gasteiger partial charge in [0.2, 0.25) is 6.29 Å². The zero-order valence-corrected chi connectivity index (χ0v) is 15.7. The Balaban J connectivity index is 1.72. The first kappa shape index (κ1) is 20.1. The number of aliphatic hydroxyl groups excluding tert-OH is 3. The maximum atomic E-state index is 12.8. The number of para-hydroxylation sites is 2. The fourth-order valence-corrected chi connectivity index (χ4v) is 3.34. The number of carboxylic acids is 1. The van der Waals surface area contributed by atoms with Crippen molar-refractivity contribution in [3.63, 3.8) is 0 Å². The first-order valence-electron chi connectivity index (χ1n) is 9.11. The van der Waals surface area contributed by atoms with Crippen molar-refractivity contribution >= 4 is 34.0 Å². The van der Waals surface area contributed by atoms with Crippen LogP contribution >= 0.6 is 0 Å². The maximum absolute atomic E-state index is 12.8. The third-order valence-corrected chi connectivity index (χ3v) is 4.98. The largest absolute Gasteiger partial charge is 0.478 e. The zero-order chi connectivity index (χ0) is 21.6. The number of nitrogens with zero attached hydrogens (tertiary/aromatic N) is 2. The molecule has 5 atom stereocenters. The van der Waals surface area contributed by atoms with Crippen LogP contribution in [0.25, 0.3) is 22.1 Å². The second-order valence-corrected chi connectivity index (χ2v) is 6.96. The Labute approximate surface area is 169 Å². The molecule has 0 aliphatic carbocycles. The van der Waals surface area contributed by atoms with Crippen molar-refractivity contribution in [2.45, 2.75) is 37.6 Å². The Morgan fingerprint density at radius 1 is 0.900 bits per heavy atom. The van der Waals surface area contributed by atoms with E-state index in [1.807, 2.05) is 0 Å². The van der Waals surface area contributed by atoms with Gasteiger partial charge in [0.05, 0.1) is 28.3 Å². The molecule has 0 saturated carbocycles. The summed E-state index contributed by atoms with van der Waals surface area (Å²) >= 11 is 0. The molecule has 2 aromatic carbocycles. The molecule has 4 N–H and O–H groups in total. The molecular weight excluding hydrogens is 396 g/mol. The van der Waals surface area contributed by atoms with Crippen molar-refractivity contribution in [1.29, 1.82) is 0 Å². The van der Waals surface area contributed by atoms with Gasteiger partial charge in [-0.3, -0.25) is 0 Å². The molecule has 4 rings (SSSR count). The Morgan fingerprint density at radius 2 is 1.47 bits per heavy atom. The number of carbonyl (C=O) groups is 2. The minimum atomic E-state index is -1.64. The summed E-state index contributed by atoms with van der Waals surface area (Å²) in [6, 6.07) is 9.05. The van der Waals surface area contributed by atoms with Crippen LogP contribution in [0.2, 0.25) is 0 Å². The van der Waals surface area contributed by atoms with Gasteiger partial charge in [0.25, 0.3) is 0 Å². The van der Waals surface area contributed by atoms with Gasteiger partial charge in [0.15, 0.2) is 0 Å². The number of ether oxygens (including phenoxy) is 2. The van der Waals surface area contributed by atoms with Crippen LogP contribution in [0, 0.1) is 0 Å².